The van der Waals surface area contributed by atoms with E-state index >= 15 is 0 Å². The molecule has 0 aliphatic heterocycles. The fourth-order valence-corrected chi connectivity index (χ4v) is 7.70. The van der Waals surface area contributed by atoms with E-state index in [9.17, 15) is 0 Å². The van der Waals surface area contributed by atoms with Gasteiger partial charge in [0.05, 0.1) is 5.69 Å². The molecule has 9 aromatic rings. The van der Waals surface area contributed by atoms with Gasteiger partial charge in [-0.05, 0) is 76.5 Å². The summed E-state index contributed by atoms with van der Waals surface area (Å²) in [6.07, 6.45) is 0. The molecule has 0 spiro atoms. The Morgan fingerprint density at radius 1 is 0.442 bits per heavy atom. The fraction of sp³-hybridized carbons (Fsp3) is 0. The molecule has 2 nitrogen and oxygen atoms in total. The van der Waals surface area contributed by atoms with Gasteiger partial charge in [0.15, 0.2) is 0 Å². The van der Waals surface area contributed by atoms with Crippen LogP contribution in [0.3, 0.4) is 0 Å². The molecule has 0 saturated carbocycles. The molecule has 0 aliphatic rings. The van der Waals surface area contributed by atoms with Crippen LogP contribution in [0.25, 0.3) is 64.0 Å². The van der Waals surface area contributed by atoms with Gasteiger partial charge in [0.2, 0.25) is 0 Å². The number of anilines is 3. The summed E-state index contributed by atoms with van der Waals surface area (Å²) in [6, 6.07) is 54.1. The van der Waals surface area contributed by atoms with Crippen LogP contribution >= 0.6 is 11.3 Å². The number of rotatable bonds is 4. The van der Waals surface area contributed by atoms with Crippen molar-refractivity contribution < 1.29 is 4.42 Å². The number of nitrogens with zero attached hydrogens (tertiary/aromatic N) is 1. The molecule has 2 heterocycles. The molecule has 0 aliphatic carbocycles. The van der Waals surface area contributed by atoms with E-state index in [4.69, 9.17) is 4.42 Å². The summed E-state index contributed by atoms with van der Waals surface area (Å²) in [4.78, 5) is 2.39. The van der Waals surface area contributed by atoms with E-state index < -0.39 is 0 Å². The first-order valence-electron chi connectivity index (χ1n) is 14.5. The SMILES string of the molecule is c1ccc(-c2cc3oc4ccc(N(c5ccccc5)c5cccc6sc7ccccc7c56)cc4c3c3ccccc23)cc1. The van der Waals surface area contributed by atoms with E-state index in [1.165, 1.54) is 47.8 Å². The van der Waals surface area contributed by atoms with Crippen molar-refractivity contribution in [3.05, 3.63) is 152 Å². The summed E-state index contributed by atoms with van der Waals surface area (Å²) >= 11 is 1.85. The molecule has 3 heteroatoms. The average molecular weight is 568 g/mol. The van der Waals surface area contributed by atoms with Crippen LogP contribution in [-0.2, 0) is 0 Å². The Morgan fingerprint density at radius 2 is 1.14 bits per heavy atom. The summed E-state index contributed by atoms with van der Waals surface area (Å²) < 4.78 is 9.15. The van der Waals surface area contributed by atoms with Gasteiger partial charge in [-0.2, -0.15) is 0 Å². The lowest BCUT2D eigenvalue weighted by Crippen LogP contribution is -2.10. The number of thiophene rings is 1. The van der Waals surface area contributed by atoms with E-state index in [-0.39, 0.29) is 0 Å². The van der Waals surface area contributed by atoms with Gasteiger partial charge in [-0.1, -0.05) is 97.1 Å². The molecular weight excluding hydrogens is 543 g/mol. The van der Waals surface area contributed by atoms with Crippen molar-refractivity contribution in [2.24, 2.45) is 0 Å². The van der Waals surface area contributed by atoms with Gasteiger partial charge in [0, 0.05) is 42.3 Å². The van der Waals surface area contributed by atoms with Gasteiger partial charge >= 0.3 is 0 Å². The minimum absolute atomic E-state index is 0.890. The molecule has 0 saturated heterocycles. The quantitative estimate of drug-likeness (QED) is 0.210. The van der Waals surface area contributed by atoms with Gasteiger partial charge in [0.1, 0.15) is 11.2 Å². The molecule has 7 aromatic carbocycles. The van der Waals surface area contributed by atoms with Crippen LogP contribution in [0.2, 0.25) is 0 Å². The van der Waals surface area contributed by atoms with Crippen molar-refractivity contribution >= 4 is 81.3 Å². The second-order valence-electron chi connectivity index (χ2n) is 10.9. The maximum Gasteiger partial charge on any atom is 0.136 e. The predicted octanol–water partition coefficient (Wildman–Crippen LogP) is 12.2. The Morgan fingerprint density at radius 3 is 1.98 bits per heavy atom. The zero-order chi connectivity index (χ0) is 28.3. The molecule has 0 N–H and O–H groups in total. The first kappa shape index (κ1) is 24.2. The number of hydrogen-bond acceptors (Lipinski definition) is 3. The van der Waals surface area contributed by atoms with Gasteiger partial charge < -0.3 is 9.32 Å². The molecule has 0 unspecified atom stereocenters. The van der Waals surface area contributed by atoms with Crippen molar-refractivity contribution in [1.29, 1.82) is 0 Å². The standard InChI is InChI=1S/C40H25NOS/c1-3-12-26(13-4-1)32-25-36-39(30-17-8-7-16-29(30)32)33-24-28(22-23-35(33)42-36)41(27-14-5-2-6-15-27)34-19-11-21-38-40(34)31-18-9-10-20-37(31)43-38/h1-25H. The molecule has 9 rings (SSSR count). The van der Waals surface area contributed by atoms with Crippen LogP contribution in [0.1, 0.15) is 0 Å². The summed E-state index contributed by atoms with van der Waals surface area (Å²) in [7, 11) is 0. The second-order valence-corrected chi connectivity index (χ2v) is 12.0. The molecule has 0 atom stereocenters. The van der Waals surface area contributed by atoms with E-state index in [1.54, 1.807) is 0 Å². The lowest BCUT2D eigenvalue weighted by molar-refractivity contribution is 0.669. The van der Waals surface area contributed by atoms with Crippen molar-refractivity contribution in [3.63, 3.8) is 0 Å². The van der Waals surface area contributed by atoms with Gasteiger partial charge in [0.25, 0.3) is 0 Å². The van der Waals surface area contributed by atoms with Crippen molar-refractivity contribution in [2.75, 3.05) is 4.90 Å². The van der Waals surface area contributed by atoms with Crippen molar-refractivity contribution in [3.8, 4) is 11.1 Å². The Balaban J connectivity index is 1.33. The highest BCUT2D eigenvalue weighted by atomic mass is 32.1. The van der Waals surface area contributed by atoms with Gasteiger partial charge in [-0.25, -0.2) is 0 Å². The van der Waals surface area contributed by atoms with Crippen molar-refractivity contribution in [1.82, 2.24) is 0 Å². The van der Waals surface area contributed by atoms with Gasteiger partial charge in [-0.15, -0.1) is 11.3 Å². The maximum absolute atomic E-state index is 6.57. The number of fused-ring (bicyclic) bond motifs is 8. The van der Waals surface area contributed by atoms with Crippen LogP contribution < -0.4 is 4.90 Å². The largest absolute Gasteiger partial charge is 0.456 e. The number of benzene rings is 7. The highest BCUT2D eigenvalue weighted by molar-refractivity contribution is 7.26. The zero-order valence-corrected chi connectivity index (χ0v) is 24.0. The lowest BCUT2D eigenvalue weighted by Gasteiger charge is -2.26. The maximum atomic E-state index is 6.57. The molecule has 0 fully saturated rings. The normalized spacial score (nSPS) is 11.7. The molecule has 43 heavy (non-hydrogen) atoms. The van der Waals surface area contributed by atoms with Crippen LogP contribution in [0.15, 0.2) is 156 Å². The average Bonchev–Trinajstić information content (AvgIpc) is 3.64. The zero-order valence-electron chi connectivity index (χ0n) is 23.2. The lowest BCUT2D eigenvalue weighted by atomic mass is 9.95. The predicted molar refractivity (Wildman–Crippen MR) is 184 cm³/mol. The Bertz CT molecular complexity index is 2460. The second kappa shape index (κ2) is 9.59. The minimum atomic E-state index is 0.890. The van der Waals surface area contributed by atoms with Crippen LogP contribution in [-0.4, -0.2) is 0 Å². The monoisotopic (exact) mass is 567 g/mol. The Labute approximate surface area is 252 Å². The Hall–Kier alpha value is -5.38. The third-order valence-corrected chi connectivity index (χ3v) is 9.58. The molecule has 2 aromatic heterocycles. The number of para-hydroxylation sites is 1. The smallest absolute Gasteiger partial charge is 0.136 e. The van der Waals surface area contributed by atoms with E-state index in [1.807, 2.05) is 11.3 Å². The number of hydrogen-bond donors (Lipinski definition) is 0. The van der Waals surface area contributed by atoms with Crippen LogP contribution in [0, 0.1) is 0 Å². The topological polar surface area (TPSA) is 16.4 Å². The van der Waals surface area contributed by atoms with Crippen LogP contribution in [0.4, 0.5) is 17.1 Å². The first-order chi connectivity index (χ1) is 21.3. The first-order valence-corrected chi connectivity index (χ1v) is 15.3. The molecule has 0 amide bonds. The highest BCUT2D eigenvalue weighted by Crippen LogP contribution is 2.46. The van der Waals surface area contributed by atoms with E-state index in [2.05, 4.69) is 157 Å². The molecule has 0 radical (unpaired) electrons. The summed E-state index contributed by atoms with van der Waals surface area (Å²) in [5.41, 5.74) is 7.56. The number of furan rings is 1. The summed E-state index contributed by atoms with van der Waals surface area (Å²) in [5, 5.41) is 7.26. The summed E-state index contributed by atoms with van der Waals surface area (Å²) in [6.45, 7) is 0. The molecule has 202 valence electrons. The Kier molecular flexibility index (Phi) is 5.40. The highest BCUT2D eigenvalue weighted by Gasteiger charge is 2.21. The minimum Gasteiger partial charge on any atom is -0.456 e. The van der Waals surface area contributed by atoms with Crippen LogP contribution in [0.5, 0.6) is 0 Å². The van der Waals surface area contributed by atoms with E-state index in [0.29, 0.717) is 0 Å². The molecule has 0 bridgehead atoms. The third-order valence-electron chi connectivity index (χ3n) is 8.44. The summed E-state index contributed by atoms with van der Waals surface area (Å²) in [5.74, 6) is 0. The fourth-order valence-electron chi connectivity index (χ4n) is 6.57. The van der Waals surface area contributed by atoms with E-state index in [0.717, 1.165) is 33.3 Å². The molecular formula is C40H25NOS. The van der Waals surface area contributed by atoms with Gasteiger partial charge in [-0.3, -0.25) is 0 Å². The third kappa shape index (κ3) is 3.79. The van der Waals surface area contributed by atoms with Crippen molar-refractivity contribution in [2.45, 2.75) is 0 Å².